The first kappa shape index (κ1) is 16.4. The Hall–Kier alpha value is -0.960. The minimum absolute atomic E-state index is 0.0151. The van der Waals surface area contributed by atoms with Crippen molar-refractivity contribution in [3.63, 3.8) is 0 Å². The maximum Gasteiger partial charge on any atom is 0.260 e. The molecule has 120 valence electrons. The fourth-order valence-corrected chi connectivity index (χ4v) is 4.15. The Kier molecular flexibility index (Phi) is 5.74. The molecule has 1 fully saturated rings. The van der Waals surface area contributed by atoms with E-state index in [2.05, 4.69) is 15.5 Å². The molecule has 0 aliphatic carbocycles. The number of sulfonamides is 1. The van der Waals surface area contributed by atoms with Gasteiger partial charge in [-0.1, -0.05) is 6.92 Å². The first-order valence-electron chi connectivity index (χ1n) is 7.44. The first-order valence-corrected chi connectivity index (χ1v) is 8.88. The van der Waals surface area contributed by atoms with Crippen LogP contribution in [0.3, 0.4) is 0 Å². The number of ether oxygens (including phenoxy) is 1. The molecule has 1 saturated heterocycles. The maximum absolute atomic E-state index is 12.8. The lowest BCUT2D eigenvalue weighted by Gasteiger charge is -2.31. The number of nitrogens with one attached hydrogen (secondary N) is 2. The lowest BCUT2D eigenvalue weighted by atomic mass is 10.1. The van der Waals surface area contributed by atoms with E-state index < -0.39 is 10.0 Å². The zero-order valence-corrected chi connectivity index (χ0v) is 13.4. The van der Waals surface area contributed by atoms with Crippen molar-refractivity contribution in [3.8, 4) is 0 Å². The fourth-order valence-electron chi connectivity index (χ4n) is 2.53. The van der Waals surface area contributed by atoms with Crippen LogP contribution in [0, 0.1) is 0 Å². The van der Waals surface area contributed by atoms with Gasteiger partial charge in [0.1, 0.15) is 0 Å². The van der Waals surface area contributed by atoms with Crippen LogP contribution in [0.4, 0.5) is 0 Å². The summed E-state index contributed by atoms with van der Waals surface area (Å²) in [4.78, 5) is 0. The lowest BCUT2D eigenvalue weighted by molar-refractivity contribution is 0.0264. The molecule has 7 nitrogen and oxygen atoms in total. The summed E-state index contributed by atoms with van der Waals surface area (Å²) in [6, 6.07) is 0. The molecule has 1 aliphatic heterocycles. The molecule has 8 heteroatoms. The highest BCUT2D eigenvalue weighted by molar-refractivity contribution is 7.89. The summed E-state index contributed by atoms with van der Waals surface area (Å²) in [6.45, 7) is 6.73. The van der Waals surface area contributed by atoms with Crippen LogP contribution in [0.15, 0.2) is 11.2 Å². The van der Waals surface area contributed by atoms with Crippen LogP contribution >= 0.6 is 0 Å². The summed E-state index contributed by atoms with van der Waals surface area (Å²) in [6.07, 6.45) is 3.28. The van der Waals surface area contributed by atoms with Crippen LogP contribution in [0.25, 0.3) is 0 Å². The Bertz CT molecular complexity index is 541. The number of rotatable bonds is 7. The molecule has 1 aromatic rings. The zero-order chi connectivity index (χ0) is 15.3. The Morgan fingerprint density at radius 2 is 2.33 bits per heavy atom. The molecule has 21 heavy (non-hydrogen) atoms. The molecular weight excluding hydrogens is 292 g/mol. The first-order chi connectivity index (χ1) is 10.1. The second-order valence-electron chi connectivity index (χ2n) is 5.09. The van der Waals surface area contributed by atoms with Crippen molar-refractivity contribution < 1.29 is 13.2 Å². The average molecular weight is 316 g/mol. The highest BCUT2D eigenvalue weighted by Gasteiger charge is 2.33. The van der Waals surface area contributed by atoms with Crippen molar-refractivity contribution >= 4 is 10.0 Å². The van der Waals surface area contributed by atoms with Gasteiger partial charge in [-0.3, -0.25) is 5.10 Å². The molecule has 0 amide bonds. The number of hydrogen-bond donors (Lipinski definition) is 2. The van der Waals surface area contributed by atoms with E-state index in [4.69, 9.17) is 4.74 Å². The molecule has 0 spiro atoms. The largest absolute Gasteiger partial charge is 0.377 e. The van der Waals surface area contributed by atoms with E-state index in [0.717, 1.165) is 19.4 Å². The topological polar surface area (TPSA) is 87.3 Å². The van der Waals surface area contributed by atoms with Crippen LogP contribution in [0.1, 0.15) is 32.3 Å². The zero-order valence-electron chi connectivity index (χ0n) is 12.6. The van der Waals surface area contributed by atoms with E-state index in [1.807, 2.05) is 13.8 Å². The third-order valence-electron chi connectivity index (χ3n) is 3.58. The predicted octanol–water partition coefficient (Wildman–Crippen LogP) is 0.709. The fraction of sp³-hybridized carbons (Fsp3) is 0.769. The van der Waals surface area contributed by atoms with E-state index in [1.165, 1.54) is 4.31 Å². The summed E-state index contributed by atoms with van der Waals surface area (Å²) < 4.78 is 32.6. The van der Waals surface area contributed by atoms with E-state index in [9.17, 15) is 8.42 Å². The number of piperidine rings is 1. The summed E-state index contributed by atoms with van der Waals surface area (Å²) in [5.74, 6) is 0. The number of H-pyrrole nitrogens is 1. The van der Waals surface area contributed by atoms with Gasteiger partial charge in [-0.05, 0) is 26.3 Å². The Labute approximate surface area is 126 Å². The molecule has 2 N–H and O–H groups in total. The van der Waals surface area contributed by atoms with Gasteiger partial charge in [0.2, 0.25) is 0 Å². The van der Waals surface area contributed by atoms with Crippen molar-refractivity contribution in [1.82, 2.24) is 19.8 Å². The molecule has 0 radical (unpaired) electrons. The van der Waals surface area contributed by atoms with Gasteiger partial charge in [0.05, 0.1) is 12.3 Å². The molecular formula is C13H24N4O3S. The average Bonchev–Trinajstić information content (AvgIpc) is 2.95. The van der Waals surface area contributed by atoms with Gasteiger partial charge in [-0.15, -0.1) is 0 Å². The van der Waals surface area contributed by atoms with Gasteiger partial charge in [-0.25, -0.2) is 8.42 Å². The van der Waals surface area contributed by atoms with Crippen LogP contribution in [0.5, 0.6) is 0 Å². The van der Waals surface area contributed by atoms with Gasteiger partial charge >= 0.3 is 0 Å². The third-order valence-corrected chi connectivity index (χ3v) is 5.47. The lowest BCUT2D eigenvalue weighted by Crippen LogP contribution is -2.43. The molecule has 1 aliphatic rings. The predicted molar refractivity (Wildman–Crippen MR) is 79.4 cm³/mol. The second kappa shape index (κ2) is 7.35. The molecule has 0 saturated carbocycles. The van der Waals surface area contributed by atoms with Crippen molar-refractivity contribution in [2.45, 2.75) is 44.4 Å². The van der Waals surface area contributed by atoms with E-state index in [1.54, 1.807) is 6.20 Å². The maximum atomic E-state index is 12.8. The van der Waals surface area contributed by atoms with Gasteiger partial charge < -0.3 is 10.1 Å². The van der Waals surface area contributed by atoms with E-state index in [0.29, 0.717) is 31.8 Å². The smallest absolute Gasteiger partial charge is 0.260 e. The molecule has 1 aromatic heterocycles. The molecule has 1 unspecified atom stereocenters. The van der Waals surface area contributed by atoms with Crippen molar-refractivity contribution in [2.75, 3.05) is 26.2 Å². The molecule has 0 aromatic carbocycles. The van der Waals surface area contributed by atoms with Gasteiger partial charge in [0.15, 0.2) is 5.03 Å². The minimum atomic E-state index is -3.54. The monoisotopic (exact) mass is 316 g/mol. The van der Waals surface area contributed by atoms with E-state index in [-0.39, 0.29) is 11.1 Å². The molecule has 2 rings (SSSR count). The summed E-state index contributed by atoms with van der Waals surface area (Å²) in [5.41, 5.74) is 0.676. The van der Waals surface area contributed by atoms with Crippen molar-refractivity contribution in [2.24, 2.45) is 0 Å². The van der Waals surface area contributed by atoms with Gasteiger partial charge in [0, 0.05) is 31.8 Å². The van der Waals surface area contributed by atoms with Crippen LogP contribution in [-0.4, -0.2) is 55.3 Å². The summed E-state index contributed by atoms with van der Waals surface area (Å²) in [5, 5.41) is 9.85. The van der Waals surface area contributed by atoms with E-state index >= 15 is 0 Å². The Morgan fingerprint density at radius 3 is 3.05 bits per heavy atom. The summed E-state index contributed by atoms with van der Waals surface area (Å²) in [7, 11) is -3.54. The quantitative estimate of drug-likeness (QED) is 0.773. The SMILES string of the molecule is CCNCc1cn[nH]c1S(=O)(=O)N1CCCC(OCC)C1. The summed E-state index contributed by atoms with van der Waals surface area (Å²) >= 11 is 0. The Morgan fingerprint density at radius 1 is 1.52 bits per heavy atom. The highest BCUT2D eigenvalue weighted by atomic mass is 32.2. The number of aromatic amines is 1. The van der Waals surface area contributed by atoms with Crippen LogP contribution in [-0.2, 0) is 21.3 Å². The standard InChI is InChI=1S/C13H24N4O3S/c1-3-14-8-11-9-15-16-13(11)21(18,19)17-7-5-6-12(10-17)20-4-2/h9,12,14H,3-8,10H2,1-2H3,(H,15,16). The van der Waals surface area contributed by atoms with Crippen molar-refractivity contribution in [3.05, 3.63) is 11.8 Å². The minimum Gasteiger partial charge on any atom is -0.377 e. The highest BCUT2D eigenvalue weighted by Crippen LogP contribution is 2.23. The molecule has 2 heterocycles. The molecule has 1 atom stereocenters. The third kappa shape index (κ3) is 3.82. The van der Waals surface area contributed by atoms with Crippen LogP contribution in [0.2, 0.25) is 0 Å². The van der Waals surface area contributed by atoms with Crippen LogP contribution < -0.4 is 5.32 Å². The second-order valence-corrected chi connectivity index (χ2v) is 6.96. The number of aromatic nitrogens is 2. The van der Waals surface area contributed by atoms with Gasteiger partial charge in [0.25, 0.3) is 10.0 Å². The number of nitrogens with zero attached hydrogens (tertiary/aromatic N) is 2. The molecule has 0 bridgehead atoms. The van der Waals surface area contributed by atoms with Crippen molar-refractivity contribution in [1.29, 1.82) is 0 Å². The normalized spacial score (nSPS) is 20.8. The van der Waals surface area contributed by atoms with Gasteiger partial charge in [-0.2, -0.15) is 9.40 Å². The Balaban J connectivity index is 2.15. The number of hydrogen-bond acceptors (Lipinski definition) is 5.